The second-order valence-electron chi connectivity index (χ2n) is 4.22. The first-order valence-electron chi connectivity index (χ1n) is 5.61. The van der Waals surface area contributed by atoms with E-state index in [1.165, 1.54) is 0 Å². The molecule has 2 aromatic rings. The molecular weight excluding hydrogens is 244 g/mol. The number of benzene rings is 1. The minimum absolute atomic E-state index is 0.320. The number of phenols is 1. The van der Waals surface area contributed by atoms with Crippen LogP contribution >= 0.6 is 11.3 Å². The van der Waals surface area contributed by atoms with Gasteiger partial charge in [0.2, 0.25) is 0 Å². The van der Waals surface area contributed by atoms with Crippen LogP contribution in [0.2, 0.25) is 0 Å². The molecule has 0 amide bonds. The molecule has 0 aliphatic rings. The predicted molar refractivity (Wildman–Crippen MR) is 73.9 cm³/mol. The Morgan fingerprint density at radius 1 is 1.28 bits per heavy atom. The number of rotatable bonds is 3. The lowest BCUT2D eigenvalue weighted by molar-refractivity contribution is 0.471. The van der Waals surface area contributed by atoms with Gasteiger partial charge in [-0.25, -0.2) is 0 Å². The molecule has 1 aromatic heterocycles. The molecule has 3 nitrogen and oxygen atoms in total. The van der Waals surface area contributed by atoms with E-state index in [2.05, 4.69) is 11.4 Å². The van der Waals surface area contributed by atoms with Gasteiger partial charge in [-0.2, -0.15) is 5.26 Å². The van der Waals surface area contributed by atoms with Crippen molar-refractivity contribution < 1.29 is 5.11 Å². The van der Waals surface area contributed by atoms with Crippen LogP contribution in [0.4, 0.5) is 5.69 Å². The van der Waals surface area contributed by atoms with E-state index in [9.17, 15) is 5.11 Å². The van der Waals surface area contributed by atoms with E-state index in [1.54, 1.807) is 17.4 Å². The number of phenolic OH excluding ortho intramolecular Hbond substituents is 1. The van der Waals surface area contributed by atoms with Crippen LogP contribution in [0.25, 0.3) is 0 Å². The molecule has 0 saturated carbocycles. The number of nitriles is 1. The van der Waals surface area contributed by atoms with Gasteiger partial charge >= 0.3 is 0 Å². The maximum atomic E-state index is 9.58. The summed E-state index contributed by atoms with van der Waals surface area (Å²) in [6, 6.07) is 7.70. The van der Waals surface area contributed by atoms with Gasteiger partial charge in [-0.15, -0.1) is 11.3 Å². The SMILES string of the molecule is Cc1cc(NCc2cc(C#N)cs2)c(C)cc1O. The third kappa shape index (κ3) is 2.63. The highest BCUT2D eigenvalue weighted by atomic mass is 32.1. The van der Waals surface area contributed by atoms with Crippen molar-refractivity contribution in [2.75, 3.05) is 5.32 Å². The predicted octanol–water partition coefficient (Wildman–Crippen LogP) is 3.55. The quantitative estimate of drug-likeness (QED) is 0.828. The Morgan fingerprint density at radius 3 is 2.72 bits per heavy atom. The highest BCUT2D eigenvalue weighted by molar-refractivity contribution is 7.10. The van der Waals surface area contributed by atoms with Gasteiger partial charge in [0.25, 0.3) is 0 Å². The Balaban J connectivity index is 2.11. The number of nitrogens with one attached hydrogen (secondary N) is 1. The maximum absolute atomic E-state index is 9.58. The van der Waals surface area contributed by atoms with E-state index in [0.717, 1.165) is 21.7 Å². The molecule has 1 aromatic carbocycles. The number of anilines is 1. The van der Waals surface area contributed by atoms with Gasteiger partial charge in [-0.1, -0.05) is 0 Å². The average Bonchev–Trinajstić information content (AvgIpc) is 2.80. The molecule has 18 heavy (non-hydrogen) atoms. The Morgan fingerprint density at radius 2 is 2.06 bits per heavy atom. The molecule has 0 unspecified atom stereocenters. The molecular formula is C14H14N2OS. The van der Waals surface area contributed by atoms with Crippen LogP contribution < -0.4 is 5.32 Å². The first-order chi connectivity index (χ1) is 8.60. The van der Waals surface area contributed by atoms with Crippen LogP contribution in [0.5, 0.6) is 5.75 Å². The Hall–Kier alpha value is -1.99. The molecule has 0 radical (unpaired) electrons. The molecule has 0 aliphatic carbocycles. The van der Waals surface area contributed by atoms with Crippen molar-refractivity contribution in [1.82, 2.24) is 0 Å². The minimum atomic E-state index is 0.320. The summed E-state index contributed by atoms with van der Waals surface area (Å²) in [5.74, 6) is 0.320. The van der Waals surface area contributed by atoms with E-state index in [-0.39, 0.29) is 0 Å². The first-order valence-corrected chi connectivity index (χ1v) is 6.49. The van der Waals surface area contributed by atoms with Crippen molar-refractivity contribution in [3.8, 4) is 11.8 Å². The molecule has 1 heterocycles. The van der Waals surface area contributed by atoms with Crippen LogP contribution in [0, 0.1) is 25.2 Å². The normalized spacial score (nSPS) is 10.1. The lowest BCUT2D eigenvalue weighted by Gasteiger charge is -2.10. The molecule has 0 spiro atoms. The third-order valence-electron chi connectivity index (χ3n) is 2.78. The summed E-state index contributed by atoms with van der Waals surface area (Å²) in [4.78, 5) is 1.12. The van der Waals surface area contributed by atoms with Gasteiger partial charge in [0.05, 0.1) is 5.56 Å². The number of hydrogen-bond donors (Lipinski definition) is 2. The standard InChI is InChI=1S/C14H14N2OS/c1-9-4-14(17)10(2)3-13(9)16-7-12-5-11(6-15)8-18-12/h3-5,8,16-17H,7H2,1-2H3. The molecule has 0 saturated heterocycles. The van der Waals surface area contributed by atoms with Crippen molar-refractivity contribution in [2.45, 2.75) is 20.4 Å². The zero-order valence-electron chi connectivity index (χ0n) is 10.3. The summed E-state index contributed by atoms with van der Waals surface area (Å²) in [7, 11) is 0. The first kappa shape index (κ1) is 12.5. The van der Waals surface area contributed by atoms with E-state index in [0.29, 0.717) is 17.9 Å². The van der Waals surface area contributed by atoms with Crippen molar-refractivity contribution in [3.05, 3.63) is 45.1 Å². The van der Waals surface area contributed by atoms with Crippen LogP contribution in [-0.4, -0.2) is 5.11 Å². The molecule has 92 valence electrons. The van der Waals surface area contributed by atoms with Gasteiger partial charge in [-0.05, 0) is 43.2 Å². The summed E-state index contributed by atoms with van der Waals surface area (Å²) >= 11 is 1.57. The monoisotopic (exact) mass is 258 g/mol. The van der Waals surface area contributed by atoms with Gasteiger partial charge in [-0.3, -0.25) is 0 Å². The molecule has 0 atom stereocenters. The van der Waals surface area contributed by atoms with Crippen molar-refractivity contribution >= 4 is 17.0 Å². The summed E-state index contributed by atoms with van der Waals surface area (Å²) in [6.45, 7) is 4.52. The van der Waals surface area contributed by atoms with Gasteiger partial charge in [0.1, 0.15) is 11.8 Å². The van der Waals surface area contributed by atoms with Crippen LogP contribution in [0.15, 0.2) is 23.6 Å². The molecule has 0 bridgehead atoms. The number of hydrogen-bond acceptors (Lipinski definition) is 4. The molecule has 2 rings (SSSR count). The van der Waals surface area contributed by atoms with Crippen LogP contribution in [0.1, 0.15) is 21.6 Å². The number of nitrogens with zero attached hydrogens (tertiary/aromatic N) is 1. The zero-order chi connectivity index (χ0) is 13.1. The fourth-order valence-corrected chi connectivity index (χ4v) is 2.46. The summed E-state index contributed by atoms with van der Waals surface area (Å²) < 4.78 is 0. The highest BCUT2D eigenvalue weighted by Gasteiger charge is 2.04. The smallest absolute Gasteiger partial charge is 0.118 e. The van der Waals surface area contributed by atoms with E-state index < -0.39 is 0 Å². The van der Waals surface area contributed by atoms with Crippen LogP contribution in [-0.2, 0) is 6.54 Å². The van der Waals surface area contributed by atoms with E-state index in [1.807, 2.05) is 31.4 Å². The topological polar surface area (TPSA) is 56.0 Å². The Kier molecular flexibility index (Phi) is 3.54. The van der Waals surface area contributed by atoms with Crippen molar-refractivity contribution in [1.29, 1.82) is 5.26 Å². The van der Waals surface area contributed by atoms with E-state index in [4.69, 9.17) is 5.26 Å². The van der Waals surface area contributed by atoms with Gasteiger partial charge in [0.15, 0.2) is 0 Å². The zero-order valence-corrected chi connectivity index (χ0v) is 11.1. The second-order valence-corrected chi connectivity index (χ2v) is 5.22. The van der Waals surface area contributed by atoms with Crippen molar-refractivity contribution in [2.24, 2.45) is 0 Å². The Labute approximate surface area is 110 Å². The highest BCUT2D eigenvalue weighted by Crippen LogP contribution is 2.26. The van der Waals surface area contributed by atoms with Gasteiger partial charge < -0.3 is 10.4 Å². The minimum Gasteiger partial charge on any atom is -0.508 e. The van der Waals surface area contributed by atoms with Crippen LogP contribution in [0.3, 0.4) is 0 Å². The lowest BCUT2D eigenvalue weighted by Crippen LogP contribution is -1.99. The second kappa shape index (κ2) is 5.11. The fourth-order valence-electron chi connectivity index (χ4n) is 1.71. The summed E-state index contributed by atoms with van der Waals surface area (Å²) in [6.07, 6.45) is 0. The van der Waals surface area contributed by atoms with Gasteiger partial charge in [0, 0.05) is 22.5 Å². The van der Waals surface area contributed by atoms with Crippen molar-refractivity contribution in [3.63, 3.8) is 0 Å². The van der Waals surface area contributed by atoms with E-state index >= 15 is 0 Å². The average molecular weight is 258 g/mol. The largest absolute Gasteiger partial charge is 0.508 e. The maximum Gasteiger partial charge on any atom is 0.118 e. The fraction of sp³-hybridized carbons (Fsp3) is 0.214. The molecule has 4 heteroatoms. The third-order valence-corrected chi connectivity index (χ3v) is 3.72. The number of thiophene rings is 1. The number of aromatic hydroxyl groups is 1. The molecule has 0 aliphatic heterocycles. The molecule has 2 N–H and O–H groups in total. The Bertz CT molecular complexity index is 611. The summed E-state index contributed by atoms with van der Waals surface area (Å²) in [5, 5.41) is 23.5. The lowest BCUT2D eigenvalue weighted by atomic mass is 10.1. The number of aryl methyl sites for hydroxylation is 2. The summed E-state index contributed by atoms with van der Waals surface area (Å²) in [5.41, 5.74) is 3.58. The molecule has 0 fully saturated rings.